The van der Waals surface area contributed by atoms with Crippen molar-refractivity contribution in [2.45, 2.75) is 11.4 Å². The Bertz CT molecular complexity index is 868. The molecule has 0 aliphatic carbocycles. The summed E-state index contributed by atoms with van der Waals surface area (Å²) in [5.41, 5.74) is 3.10. The predicted octanol–water partition coefficient (Wildman–Crippen LogP) is 3.51. The molecule has 1 unspecified atom stereocenters. The van der Waals surface area contributed by atoms with E-state index in [-0.39, 0.29) is 17.3 Å². The summed E-state index contributed by atoms with van der Waals surface area (Å²) >= 11 is 7.49. The number of thioether (sulfide) groups is 1. The lowest BCUT2D eigenvalue weighted by Crippen LogP contribution is -2.33. The van der Waals surface area contributed by atoms with Crippen LogP contribution in [0.4, 0.5) is 11.4 Å². The number of nitrogens with zero attached hydrogens (tertiary/aromatic N) is 3. The van der Waals surface area contributed by atoms with Crippen LogP contribution in [0.1, 0.15) is 10.9 Å². The Morgan fingerprint density at radius 2 is 1.78 bits per heavy atom. The van der Waals surface area contributed by atoms with Crippen LogP contribution >= 0.6 is 24.0 Å². The fourth-order valence-electron chi connectivity index (χ4n) is 3.45. The van der Waals surface area contributed by atoms with E-state index in [9.17, 15) is 4.79 Å². The van der Waals surface area contributed by atoms with Gasteiger partial charge in [-0.2, -0.15) is 0 Å². The van der Waals surface area contributed by atoms with Crippen molar-refractivity contribution in [3.63, 3.8) is 0 Å². The molecule has 2 heterocycles. The summed E-state index contributed by atoms with van der Waals surface area (Å²) in [7, 11) is 5.67. The molecule has 2 aliphatic heterocycles. The van der Waals surface area contributed by atoms with E-state index in [4.69, 9.17) is 17.0 Å². The van der Waals surface area contributed by atoms with Gasteiger partial charge in [0.1, 0.15) is 17.2 Å². The van der Waals surface area contributed by atoms with Crippen LogP contribution < -0.4 is 14.5 Å². The molecule has 27 heavy (non-hydrogen) atoms. The highest BCUT2D eigenvalue weighted by molar-refractivity contribution is 7.99. The molecule has 2 fully saturated rings. The molecule has 2 aliphatic rings. The van der Waals surface area contributed by atoms with E-state index < -0.39 is 0 Å². The molecular weight excluding hydrogens is 378 g/mol. The van der Waals surface area contributed by atoms with E-state index in [1.165, 1.54) is 5.56 Å². The Morgan fingerprint density at radius 3 is 2.37 bits per heavy atom. The molecule has 7 heteroatoms. The summed E-state index contributed by atoms with van der Waals surface area (Å²) in [4.78, 5) is 18.8. The molecule has 140 valence electrons. The number of benzene rings is 2. The van der Waals surface area contributed by atoms with E-state index in [1.54, 1.807) is 23.8 Å². The maximum atomic E-state index is 13.0. The molecular formula is C20H21N3O2S2. The first-order valence-corrected chi connectivity index (χ1v) is 10.2. The number of hydrogen-bond acceptors (Lipinski definition) is 5. The molecule has 0 aromatic heterocycles. The maximum absolute atomic E-state index is 13.0. The van der Waals surface area contributed by atoms with Crippen molar-refractivity contribution in [1.82, 2.24) is 4.90 Å². The number of thiocarbonyl (C=S) groups is 1. The topological polar surface area (TPSA) is 36.0 Å². The van der Waals surface area contributed by atoms with Crippen LogP contribution in [0, 0.1) is 0 Å². The van der Waals surface area contributed by atoms with Crippen LogP contribution in [-0.2, 0) is 4.79 Å². The number of carbonyl (C=O) groups excluding carboxylic acids is 1. The first-order chi connectivity index (χ1) is 13.0. The number of rotatable bonds is 4. The lowest BCUT2D eigenvalue weighted by Gasteiger charge is -2.26. The molecule has 0 radical (unpaired) electrons. The van der Waals surface area contributed by atoms with Gasteiger partial charge in [-0.25, -0.2) is 0 Å². The second-order valence-corrected chi connectivity index (χ2v) is 8.23. The van der Waals surface area contributed by atoms with Crippen LogP contribution in [0.2, 0.25) is 0 Å². The lowest BCUT2D eigenvalue weighted by molar-refractivity contribution is -0.119. The zero-order chi connectivity index (χ0) is 19.1. The Labute approximate surface area is 168 Å². The van der Waals surface area contributed by atoms with Crippen LogP contribution in [0.5, 0.6) is 5.75 Å². The molecule has 0 bridgehead atoms. The summed E-state index contributed by atoms with van der Waals surface area (Å²) in [5, 5.41) is 0.632. The highest BCUT2D eigenvalue weighted by Gasteiger charge is 2.50. The van der Waals surface area contributed by atoms with Crippen molar-refractivity contribution >= 4 is 46.4 Å². The minimum atomic E-state index is -0.205. The van der Waals surface area contributed by atoms with E-state index in [0.29, 0.717) is 5.11 Å². The molecule has 2 aromatic rings. The van der Waals surface area contributed by atoms with Gasteiger partial charge in [-0.05, 0) is 54.2 Å². The Kier molecular flexibility index (Phi) is 4.74. The first kappa shape index (κ1) is 18.1. The van der Waals surface area contributed by atoms with Gasteiger partial charge in [0, 0.05) is 25.5 Å². The number of anilines is 2. The summed E-state index contributed by atoms with van der Waals surface area (Å²) < 4.78 is 5.21. The quantitative estimate of drug-likeness (QED) is 0.733. The molecule has 5 nitrogen and oxygen atoms in total. The number of ether oxygens (including phenoxy) is 1. The van der Waals surface area contributed by atoms with E-state index in [0.717, 1.165) is 22.9 Å². The van der Waals surface area contributed by atoms with Gasteiger partial charge in [-0.1, -0.05) is 12.1 Å². The van der Waals surface area contributed by atoms with Crippen LogP contribution in [-0.4, -0.2) is 48.9 Å². The molecule has 2 saturated heterocycles. The van der Waals surface area contributed by atoms with Crippen LogP contribution in [0.25, 0.3) is 0 Å². The highest BCUT2D eigenvalue weighted by atomic mass is 32.2. The standard InChI is InChI=1S/C20H21N3O2S2/c1-21(2)14-6-4-13(5-7-14)19-23-17(12-27-19)18(24)22(20(23)26)15-8-10-16(25-3)11-9-15/h4-11,17,19H,12H2,1-3H3/t17-,19?/m0/s1. The summed E-state index contributed by atoms with van der Waals surface area (Å²) in [5.74, 6) is 1.54. The molecule has 4 rings (SSSR count). The van der Waals surface area contributed by atoms with Gasteiger partial charge in [-0.15, -0.1) is 11.8 Å². The monoisotopic (exact) mass is 399 g/mol. The largest absolute Gasteiger partial charge is 0.497 e. The Hall–Kier alpha value is -2.25. The van der Waals surface area contributed by atoms with Crippen LogP contribution in [0.15, 0.2) is 48.5 Å². The minimum absolute atomic E-state index is 0.0464. The van der Waals surface area contributed by atoms with Crippen molar-refractivity contribution < 1.29 is 9.53 Å². The van der Waals surface area contributed by atoms with E-state index in [1.807, 2.05) is 38.4 Å². The normalized spacial score (nSPS) is 21.6. The van der Waals surface area contributed by atoms with Crippen molar-refractivity contribution in [2.24, 2.45) is 0 Å². The molecule has 2 atom stereocenters. The van der Waals surface area contributed by atoms with Gasteiger partial charge in [0.05, 0.1) is 12.8 Å². The average molecular weight is 400 g/mol. The fraction of sp³-hybridized carbons (Fsp3) is 0.300. The fourth-order valence-corrected chi connectivity index (χ4v) is 5.37. The predicted molar refractivity (Wildman–Crippen MR) is 115 cm³/mol. The third kappa shape index (κ3) is 3.04. The number of fused-ring (bicyclic) bond motifs is 1. The van der Waals surface area contributed by atoms with Gasteiger partial charge in [0.15, 0.2) is 5.11 Å². The molecule has 2 aromatic carbocycles. The van der Waals surface area contributed by atoms with Gasteiger partial charge >= 0.3 is 0 Å². The molecule has 0 saturated carbocycles. The maximum Gasteiger partial charge on any atom is 0.257 e. The molecule has 0 N–H and O–H groups in total. The smallest absolute Gasteiger partial charge is 0.257 e. The third-order valence-corrected chi connectivity index (χ3v) is 6.66. The summed E-state index contributed by atoms with van der Waals surface area (Å²) in [6, 6.07) is 15.7. The summed E-state index contributed by atoms with van der Waals surface area (Å²) in [6.07, 6.45) is 0. The van der Waals surface area contributed by atoms with Gasteiger partial charge in [0.2, 0.25) is 0 Å². The van der Waals surface area contributed by atoms with Gasteiger partial charge in [0.25, 0.3) is 5.91 Å². The molecule has 0 spiro atoms. The van der Waals surface area contributed by atoms with Crippen molar-refractivity contribution in [3.05, 3.63) is 54.1 Å². The van der Waals surface area contributed by atoms with E-state index >= 15 is 0 Å². The number of methoxy groups -OCH3 is 1. The van der Waals surface area contributed by atoms with Gasteiger partial charge in [-0.3, -0.25) is 9.69 Å². The number of carbonyl (C=O) groups is 1. The average Bonchev–Trinajstić information content (AvgIpc) is 3.22. The number of hydrogen-bond donors (Lipinski definition) is 0. The second kappa shape index (κ2) is 7.05. The van der Waals surface area contributed by atoms with Crippen molar-refractivity contribution in [3.8, 4) is 5.75 Å². The summed E-state index contributed by atoms with van der Waals surface area (Å²) in [6.45, 7) is 0. The lowest BCUT2D eigenvalue weighted by atomic mass is 10.1. The first-order valence-electron chi connectivity index (χ1n) is 8.70. The minimum Gasteiger partial charge on any atom is -0.497 e. The van der Waals surface area contributed by atoms with Crippen LogP contribution in [0.3, 0.4) is 0 Å². The molecule has 1 amide bonds. The van der Waals surface area contributed by atoms with Gasteiger partial charge < -0.3 is 14.5 Å². The Morgan fingerprint density at radius 1 is 1.11 bits per heavy atom. The Balaban J connectivity index is 1.61. The second-order valence-electron chi connectivity index (χ2n) is 6.75. The SMILES string of the molecule is COc1ccc(N2C(=O)[C@@H]3CSC(c4ccc(N(C)C)cc4)N3C2=S)cc1. The third-order valence-electron chi connectivity index (χ3n) is 4.94. The van der Waals surface area contributed by atoms with Crippen molar-refractivity contribution in [2.75, 3.05) is 36.8 Å². The highest BCUT2D eigenvalue weighted by Crippen LogP contribution is 2.46. The van der Waals surface area contributed by atoms with E-state index in [2.05, 4.69) is 34.1 Å². The zero-order valence-corrected chi connectivity index (χ0v) is 17.1. The zero-order valence-electron chi connectivity index (χ0n) is 15.5. The number of amides is 1. The van der Waals surface area contributed by atoms with Crippen molar-refractivity contribution in [1.29, 1.82) is 0 Å².